The summed E-state index contributed by atoms with van der Waals surface area (Å²) in [6.07, 6.45) is -0.261. The smallest absolute Gasteiger partial charge is 0.316 e. The predicted octanol–water partition coefficient (Wildman–Crippen LogP) is -0.558. The van der Waals surface area contributed by atoms with Gasteiger partial charge in [0.25, 0.3) is 0 Å². The first-order valence-electron chi connectivity index (χ1n) is 4.07. The topological polar surface area (TPSA) is 77.8 Å². The van der Waals surface area contributed by atoms with Gasteiger partial charge in [-0.05, 0) is 0 Å². The number of hydrogen-bond donors (Lipinski definition) is 3. The second kappa shape index (κ2) is 3.61. The van der Waals surface area contributed by atoms with Gasteiger partial charge in [0, 0.05) is 0 Å². The minimum Gasteiger partial charge on any atom is -0.481 e. The van der Waals surface area contributed by atoms with E-state index in [4.69, 9.17) is 5.11 Å². The van der Waals surface area contributed by atoms with Crippen LogP contribution in [0.4, 0.5) is 0 Å². The van der Waals surface area contributed by atoms with Crippen molar-refractivity contribution in [3.05, 3.63) is 0 Å². The molecule has 0 aromatic carbocycles. The van der Waals surface area contributed by atoms with Crippen molar-refractivity contribution >= 4 is 5.97 Å². The van der Waals surface area contributed by atoms with Gasteiger partial charge < -0.3 is 15.3 Å². The number of aliphatic carboxylic acids is 1. The number of carbonyl (C=O) groups is 1. The zero-order valence-electron chi connectivity index (χ0n) is 8.48. The Bertz CT molecular complexity index is 195. The maximum absolute atomic E-state index is 10.4. The van der Waals surface area contributed by atoms with Gasteiger partial charge in [-0.1, -0.05) is 6.92 Å². The Morgan fingerprint density at radius 3 is 2.00 bits per heavy atom. The van der Waals surface area contributed by atoms with Crippen molar-refractivity contribution in [2.24, 2.45) is 5.92 Å². The van der Waals surface area contributed by atoms with E-state index in [-0.39, 0.29) is 10.9 Å². The fourth-order valence-electron chi connectivity index (χ4n) is 1.06. The summed E-state index contributed by atoms with van der Waals surface area (Å²) >= 11 is 0. The molecule has 0 saturated heterocycles. The van der Waals surface area contributed by atoms with Gasteiger partial charge >= 0.3 is 11.9 Å². The Kier molecular flexibility index (Phi) is 3.43. The van der Waals surface area contributed by atoms with Crippen LogP contribution in [0.2, 0.25) is 0 Å². The molecule has 0 aromatic heterocycles. The lowest BCUT2D eigenvalue weighted by molar-refractivity contribution is -0.984. The monoisotopic (exact) mass is 192 g/mol. The van der Waals surface area contributed by atoms with Gasteiger partial charge in [0.15, 0.2) is 0 Å². The lowest BCUT2D eigenvalue weighted by atomic mass is 10.0. The summed E-state index contributed by atoms with van der Waals surface area (Å²) in [5.41, 5.74) is 0. The molecule has 0 fully saturated rings. The molecule has 0 saturated carbocycles. The number of aliphatic hydroxyl groups is 2. The van der Waals surface area contributed by atoms with Gasteiger partial charge in [-0.15, -0.1) is 0 Å². The third-order valence-electron chi connectivity index (χ3n) is 2.13. The second-order valence-electron chi connectivity index (χ2n) is 4.20. The molecule has 5 nitrogen and oxygen atoms in total. The Labute approximate surface area is 77.8 Å². The number of carboxylic acid groups (broad SMARTS) is 1. The first-order chi connectivity index (χ1) is 5.59. The number of quaternary nitrogens is 1. The molecule has 0 spiro atoms. The highest BCUT2D eigenvalue weighted by Gasteiger charge is 2.45. The molecule has 0 aliphatic carbocycles. The van der Waals surface area contributed by atoms with Crippen LogP contribution in [-0.2, 0) is 4.79 Å². The average Bonchev–Trinajstić information content (AvgIpc) is 1.82. The van der Waals surface area contributed by atoms with Crippen LogP contribution in [0.1, 0.15) is 13.3 Å². The number of nitrogens with zero attached hydrogens (tertiary/aromatic N) is 1. The van der Waals surface area contributed by atoms with Crippen LogP contribution < -0.4 is 0 Å². The van der Waals surface area contributed by atoms with Gasteiger partial charge in [0.05, 0.1) is 33.5 Å². The summed E-state index contributed by atoms with van der Waals surface area (Å²) in [5, 5.41) is 27.7. The summed E-state index contributed by atoms with van der Waals surface area (Å²) in [6, 6.07) is 0. The molecule has 0 aliphatic rings. The van der Waals surface area contributed by atoms with Gasteiger partial charge in [-0.2, -0.15) is 0 Å². The number of carboxylic acids is 1. The minimum atomic E-state index is -2.02. The molecular weight excluding hydrogens is 174 g/mol. The average molecular weight is 192 g/mol. The Hall–Kier alpha value is -0.650. The standard InChI is InChI=1S/C8H17NO4/c1-6(5-7(10)11)8(12,13)9(2,3)4/h6,12-13H,5H2,1-4H3/p+1. The molecule has 0 aromatic rings. The van der Waals surface area contributed by atoms with E-state index in [0.717, 1.165) is 0 Å². The van der Waals surface area contributed by atoms with Gasteiger partial charge in [-0.25, -0.2) is 0 Å². The summed E-state index contributed by atoms with van der Waals surface area (Å²) in [5.74, 6) is -3.77. The molecule has 3 N–H and O–H groups in total. The molecule has 0 amide bonds. The molecule has 0 bridgehead atoms. The third-order valence-corrected chi connectivity index (χ3v) is 2.13. The predicted molar refractivity (Wildman–Crippen MR) is 46.6 cm³/mol. The zero-order chi connectivity index (χ0) is 10.9. The van der Waals surface area contributed by atoms with Crippen LogP contribution in [0.25, 0.3) is 0 Å². The largest absolute Gasteiger partial charge is 0.481 e. The number of rotatable bonds is 4. The summed E-state index contributed by atoms with van der Waals surface area (Å²) in [7, 11) is 4.79. The van der Waals surface area contributed by atoms with E-state index in [0.29, 0.717) is 0 Å². The van der Waals surface area contributed by atoms with E-state index < -0.39 is 17.8 Å². The Balaban J connectivity index is 4.54. The van der Waals surface area contributed by atoms with Gasteiger partial charge in [-0.3, -0.25) is 9.28 Å². The molecule has 13 heavy (non-hydrogen) atoms. The lowest BCUT2D eigenvalue weighted by Gasteiger charge is -2.40. The van der Waals surface area contributed by atoms with E-state index in [1.54, 1.807) is 21.1 Å². The van der Waals surface area contributed by atoms with Gasteiger partial charge in [0.1, 0.15) is 0 Å². The van der Waals surface area contributed by atoms with Crippen molar-refractivity contribution in [3.63, 3.8) is 0 Å². The molecule has 78 valence electrons. The first kappa shape index (κ1) is 12.3. The van der Waals surface area contributed by atoms with Crippen LogP contribution in [0, 0.1) is 5.92 Å². The van der Waals surface area contributed by atoms with Crippen molar-refractivity contribution < 1.29 is 24.6 Å². The molecule has 5 heteroatoms. The highest BCUT2D eigenvalue weighted by atomic mass is 16.5. The van der Waals surface area contributed by atoms with Crippen molar-refractivity contribution in [1.29, 1.82) is 0 Å². The van der Waals surface area contributed by atoms with Crippen LogP contribution >= 0.6 is 0 Å². The third kappa shape index (κ3) is 2.95. The lowest BCUT2D eigenvalue weighted by Crippen LogP contribution is -2.61. The van der Waals surface area contributed by atoms with Crippen molar-refractivity contribution in [2.75, 3.05) is 21.1 Å². The van der Waals surface area contributed by atoms with Crippen molar-refractivity contribution in [1.82, 2.24) is 0 Å². The summed E-state index contributed by atoms with van der Waals surface area (Å²) in [4.78, 5) is 10.4. The Morgan fingerprint density at radius 1 is 1.38 bits per heavy atom. The maximum atomic E-state index is 10.4. The maximum Gasteiger partial charge on any atom is 0.316 e. The fraction of sp³-hybridized carbons (Fsp3) is 0.875. The van der Waals surface area contributed by atoms with E-state index >= 15 is 0 Å². The fourth-order valence-corrected chi connectivity index (χ4v) is 1.06. The molecule has 1 unspecified atom stereocenters. The van der Waals surface area contributed by atoms with Crippen LogP contribution in [0.3, 0.4) is 0 Å². The van der Waals surface area contributed by atoms with Crippen molar-refractivity contribution in [2.45, 2.75) is 19.3 Å². The highest BCUT2D eigenvalue weighted by Crippen LogP contribution is 2.24. The van der Waals surface area contributed by atoms with E-state index in [9.17, 15) is 15.0 Å². The van der Waals surface area contributed by atoms with E-state index in [2.05, 4.69) is 0 Å². The van der Waals surface area contributed by atoms with Crippen LogP contribution in [0.15, 0.2) is 0 Å². The molecule has 0 radical (unpaired) electrons. The highest BCUT2D eigenvalue weighted by molar-refractivity contribution is 5.67. The molecule has 0 rings (SSSR count). The van der Waals surface area contributed by atoms with E-state index in [1.165, 1.54) is 6.92 Å². The SMILES string of the molecule is CC(CC(=O)O)C(O)(O)[N+](C)(C)C. The quantitative estimate of drug-likeness (QED) is 0.412. The van der Waals surface area contributed by atoms with Crippen LogP contribution in [-0.4, -0.2) is 52.8 Å². The summed E-state index contributed by atoms with van der Waals surface area (Å²) in [6.45, 7) is 1.50. The van der Waals surface area contributed by atoms with Gasteiger partial charge in [0.2, 0.25) is 0 Å². The van der Waals surface area contributed by atoms with E-state index in [1.807, 2.05) is 0 Å². The molecule has 1 atom stereocenters. The molecular formula is C8H18NO4+. The number of hydrogen-bond acceptors (Lipinski definition) is 3. The molecule has 0 heterocycles. The minimum absolute atomic E-state index is 0.110. The first-order valence-corrected chi connectivity index (χ1v) is 4.07. The Morgan fingerprint density at radius 2 is 1.77 bits per heavy atom. The normalized spacial score (nSPS) is 15.5. The van der Waals surface area contributed by atoms with Crippen LogP contribution in [0.5, 0.6) is 0 Å². The zero-order valence-corrected chi connectivity index (χ0v) is 8.48. The molecule has 0 aliphatic heterocycles. The second-order valence-corrected chi connectivity index (χ2v) is 4.20. The summed E-state index contributed by atoms with van der Waals surface area (Å²) < 4.78 is -0.110. The van der Waals surface area contributed by atoms with Crippen molar-refractivity contribution in [3.8, 4) is 0 Å².